The maximum absolute atomic E-state index is 11.0. The van der Waals surface area contributed by atoms with Gasteiger partial charge >= 0.3 is 0 Å². The van der Waals surface area contributed by atoms with Gasteiger partial charge in [-0.2, -0.15) is 0 Å². The molecule has 0 atom stereocenters. The summed E-state index contributed by atoms with van der Waals surface area (Å²) < 4.78 is 0. The van der Waals surface area contributed by atoms with Crippen LogP contribution in [-0.2, 0) is 6.54 Å². The number of pyridine rings is 1. The topological polar surface area (TPSA) is 53.4 Å². The van der Waals surface area contributed by atoms with Crippen LogP contribution < -0.4 is 0 Å². The maximum atomic E-state index is 11.0. The molecule has 0 radical (unpaired) electrons. The monoisotopic (exact) mass is 150 g/mol. The normalized spacial score (nSPS) is 15.4. The summed E-state index contributed by atoms with van der Waals surface area (Å²) in [5, 5.41) is 9.63. The standard InChI is InChI=1S/C7H6N2O2/c10-7-5-2-1-3-8-6(5)4-9(7)11/h1-3,11H,4H2. The molecule has 1 aliphatic rings. The second-order valence-corrected chi connectivity index (χ2v) is 2.36. The summed E-state index contributed by atoms with van der Waals surface area (Å²) in [6.07, 6.45) is 1.60. The molecule has 11 heavy (non-hydrogen) atoms. The van der Waals surface area contributed by atoms with Crippen LogP contribution in [0.25, 0.3) is 0 Å². The van der Waals surface area contributed by atoms with Crippen molar-refractivity contribution in [2.75, 3.05) is 0 Å². The van der Waals surface area contributed by atoms with Gasteiger partial charge in [0, 0.05) is 6.20 Å². The number of hydroxylamine groups is 2. The summed E-state index contributed by atoms with van der Waals surface area (Å²) in [6, 6.07) is 3.33. The van der Waals surface area contributed by atoms with Crippen molar-refractivity contribution in [3.63, 3.8) is 0 Å². The molecule has 0 aromatic carbocycles. The average molecular weight is 150 g/mol. The first kappa shape index (κ1) is 6.30. The highest BCUT2D eigenvalue weighted by Crippen LogP contribution is 2.17. The Kier molecular flexibility index (Phi) is 1.16. The first-order valence-corrected chi connectivity index (χ1v) is 3.23. The number of aromatic nitrogens is 1. The van der Waals surface area contributed by atoms with Crippen molar-refractivity contribution >= 4 is 5.91 Å². The van der Waals surface area contributed by atoms with Crippen LogP contribution >= 0.6 is 0 Å². The van der Waals surface area contributed by atoms with Gasteiger partial charge in [0.2, 0.25) is 0 Å². The zero-order valence-corrected chi connectivity index (χ0v) is 5.69. The molecule has 2 rings (SSSR count). The van der Waals surface area contributed by atoms with E-state index >= 15 is 0 Å². The van der Waals surface area contributed by atoms with Gasteiger partial charge in [-0.15, -0.1) is 0 Å². The summed E-state index contributed by atoms with van der Waals surface area (Å²) in [6.45, 7) is 0.203. The molecule has 0 saturated heterocycles. The highest BCUT2D eigenvalue weighted by Gasteiger charge is 2.26. The smallest absolute Gasteiger partial charge is 0.279 e. The van der Waals surface area contributed by atoms with Crippen LogP contribution in [0.3, 0.4) is 0 Å². The lowest BCUT2D eigenvalue weighted by Crippen LogP contribution is -2.18. The van der Waals surface area contributed by atoms with Gasteiger partial charge < -0.3 is 0 Å². The van der Waals surface area contributed by atoms with Gasteiger partial charge in [0.05, 0.1) is 17.8 Å². The number of carbonyl (C=O) groups is 1. The van der Waals surface area contributed by atoms with E-state index in [0.29, 0.717) is 16.3 Å². The Morgan fingerprint density at radius 1 is 1.64 bits per heavy atom. The van der Waals surface area contributed by atoms with Crippen molar-refractivity contribution in [3.8, 4) is 0 Å². The van der Waals surface area contributed by atoms with Crippen LogP contribution in [0.5, 0.6) is 0 Å². The fourth-order valence-electron chi connectivity index (χ4n) is 1.11. The Bertz CT molecular complexity index is 311. The number of fused-ring (bicyclic) bond motifs is 1. The minimum absolute atomic E-state index is 0.203. The van der Waals surface area contributed by atoms with Gasteiger partial charge in [-0.05, 0) is 12.1 Å². The van der Waals surface area contributed by atoms with E-state index in [4.69, 9.17) is 5.21 Å². The zero-order valence-electron chi connectivity index (χ0n) is 5.69. The molecular formula is C7H6N2O2. The van der Waals surface area contributed by atoms with E-state index in [1.54, 1.807) is 18.3 Å². The fourth-order valence-corrected chi connectivity index (χ4v) is 1.11. The Hall–Kier alpha value is -1.42. The van der Waals surface area contributed by atoms with Crippen LogP contribution in [0.2, 0.25) is 0 Å². The Morgan fingerprint density at radius 2 is 2.45 bits per heavy atom. The highest BCUT2D eigenvalue weighted by molar-refractivity contribution is 5.96. The van der Waals surface area contributed by atoms with Crippen LogP contribution in [0, 0.1) is 0 Å². The van der Waals surface area contributed by atoms with E-state index in [9.17, 15) is 4.79 Å². The SMILES string of the molecule is O=C1c2cccnc2CN1O. The molecule has 1 aromatic rings. The third kappa shape index (κ3) is 0.798. The molecule has 56 valence electrons. The van der Waals surface area contributed by atoms with Gasteiger partial charge in [-0.3, -0.25) is 15.0 Å². The van der Waals surface area contributed by atoms with Crippen LogP contribution in [0.4, 0.5) is 0 Å². The number of nitrogens with zero attached hydrogens (tertiary/aromatic N) is 2. The minimum Gasteiger partial charge on any atom is -0.285 e. The summed E-state index contributed by atoms with van der Waals surface area (Å²) in [5.74, 6) is -0.367. The van der Waals surface area contributed by atoms with E-state index in [2.05, 4.69) is 4.98 Å². The predicted molar refractivity (Wildman–Crippen MR) is 35.9 cm³/mol. The minimum atomic E-state index is -0.367. The van der Waals surface area contributed by atoms with Crippen molar-refractivity contribution in [2.24, 2.45) is 0 Å². The Labute approximate surface area is 63.0 Å². The van der Waals surface area contributed by atoms with Gasteiger partial charge in [-0.25, -0.2) is 5.06 Å². The lowest BCUT2D eigenvalue weighted by atomic mass is 10.2. The second kappa shape index (κ2) is 2.03. The van der Waals surface area contributed by atoms with Gasteiger partial charge in [0.25, 0.3) is 5.91 Å². The Balaban J connectivity index is 2.55. The number of rotatable bonds is 0. The molecule has 4 heteroatoms. The first-order chi connectivity index (χ1) is 5.29. The molecular weight excluding hydrogens is 144 g/mol. The molecule has 1 aromatic heterocycles. The predicted octanol–water partition coefficient (Wildman–Crippen LogP) is 0.427. The van der Waals surface area contributed by atoms with E-state index < -0.39 is 0 Å². The van der Waals surface area contributed by atoms with Crippen LogP contribution in [-0.4, -0.2) is 21.2 Å². The molecule has 0 saturated carbocycles. The van der Waals surface area contributed by atoms with Crippen LogP contribution in [0.15, 0.2) is 18.3 Å². The quantitative estimate of drug-likeness (QED) is 0.545. The summed E-state index contributed by atoms with van der Waals surface area (Å²) in [5.41, 5.74) is 1.13. The molecule has 0 fully saturated rings. The largest absolute Gasteiger partial charge is 0.285 e. The number of hydrogen-bond acceptors (Lipinski definition) is 3. The number of carbonyl (C=O) groups excluding carboxylic acids is 1. The molecule has 0 aliphatic carbocycles. The van der Waals surface area contributed by atoms with Gasteiger partial charge in [-0.1, -0.05) is 0 Å². The molecule has 0 spiro atoms. The number of amides is 1. The van der Waals surface area contributed by atoms with E-state index in [1.165, 1.54) is 0 Å². The fraction of sp³-hybridized carbons (Fsp3) is 0.143. The Morgan fingerprint density at radius 3 is 3.18 bits per heavy atom. The molecule has 1 aliphatic heterocycles. The number of hydrogen-bond donors (Lipinski definition) is 1. The zero-order chi connectivity index (χ0) is 7.84. The lowest BCUT2D eigenvalue weighted by molar-refractivity contribution is -0.0583. The highest BCUT2D eigenvalue weighted by atomic mass is 16.5. The van der Waals surface area contributed by atoms with Crippen LogP contribution in [0.1, 0.15) is 16.1 Å². The lowest BCUT2D eigenvalue weighted by Gasteiger charge is -2.01. The van der Waals surface area contributed by atoms with Crippen molar-refractivity contribution in [1.29, 1.82) is 0 Å². The summed E-state index contributed by atoms with van der Waals surface area (Å²) in [4.78, 5) is 15.0. The molecule has 0 bridgehead atoms. The first-order valence-electron chi connectivity index (χ1n) is 3.23. The van der Waals surface area contributed by atoms with Crippen molar-refractivity contribution < 1.29 is 10.0 Å². The van der Waals surface area contributed by atoms with Gasteiger partial charge in [0.1, 0.15) is 0 Å². The molecule has 1 amide bonds. The van der Waals surface area contributed by atoms with Gasteiger partial charge in [0.15, 0.2) is 0 Å². The molecule has 1 N–H and O–H groups in total. The van der Waals surface area contributed by atoms with E-state index in [1.807, 2.05) is 0 Å². The average Bonchev–Trinajstić information content (AvgIpc) is 2.30. The molecule has 2 heterocycles. The van der Waals surface area contributed by atoms with Crippen molar-refractivity contribution in [1.82, 2.24) is 10.0 Å². The van der Waals surface area contributed by atoms with Crippen molar-refractivity contribution in [3.05, 3.63) is 29.6 Å². The third-order valence-corrected chi connectivity index (χ3v) is 1.65. The maximum Gasteiger partial charge on any atom is 0.279 e. The summed E-state index contributed by atoms with van der Waals surface area (Å²) >= 11 is 0. The van der Waals surface area contributed by atoms with E-state index in [0.717, 1.165) is 0 Å². The van der Waals surface area contributed by atoms with E-state index in [-0.39, 0.29) is 12.5 Å². The second-order valence-electron chi connectivity index (χ2n) is 2.36. The van der Waals surface area contributed by atoms with Crippen molar-refractivity contribution in [2.45, 2.75) is 6.54 Å². The molecule has 4 nitrogen and oxygen atoms in total. The molecule has 0 unspecified atom stereocenters. The third-order valence-electron chi connectivity index (χ3n) is 1.65. The summed E-state index contributed by atoms with van der Waals surface area (Å²) in [7, 11) is 0.